The summed E-state index contributed by atoms with van der Waals surface area (Å²) in [6, 6.07) is 6.81. The van der Waals surface area contributed by atoms with E-state index in [9.17, 15) is 4.79 Å². The number of aliphatic hydroxyl groups excluding tert-OH is 1. The number of carbonyl (C=O) groups excluding carboxylic acids is 1. The van der Waals surface area contributed by atoms with Crippen LogP contribution >= 0.6 is 23.4 Å². The molecule has 0 bridgehead atoms. The minimum Gasteiger partial charge on any atom is -0.396 e. The van der Waals surface area contributed by atoms with Gasteiger partial charge in [-0.2, -0.15) is 11.8 Å². The van der Waals surface area contributed by atoms with Gasteiger partial charge in [0.2, 0.25) is 0 Å². The topological polar surface area (TPSA) is 49.3 Å². The number of carbonyl (C=O) groups is 1. The van der Waals surface area contributed by atoms with Crippen molar-refractivity contribution in [2.24, 2.45) is 0 Å². The van der Waals surface area contributed by atoms with Gasteiger partial charge in [-0.25, -0.2) is 0 Å². The standard InChI is InChI=1S/C12H16ClNO2S/c1-17-8-11(5-6-15)14-12(16)9-3-2-4-10(13)7-9/h2-4,7,11,15H,5-6,8H2,1H3,(H,14,16). The molecule has 1 rings (SSSR count). The Balaban J connectivity index is 2.63. The zero-order valence-electron chi connectivity index (χ0n) is 9.65. The monoisotopic (exact) mass is 273 g/mol. The second kappa shape index (κ2) is 7.58. The first-order chi connectivity index (χ1) is 8.17. The van der Waals surface area contributed by atoms with Crippen molar-refractivity contribution in [3.63, 3.8) is 0 Å². The van der Waals surface area contributed by atoms with Crippen LogP contribution in [0.3, 0.4) is 0 Å². The van der Waals surface area contributed by atoms with Gasteiger partial charge in [0.15, 0.2) is 0 Å². The summed E-state index contributed by atoms with van der Waals surface area (Å²) in [5.74, 6) is 0.632. The SMILES string of the molecule is CSCC(CCO)NC(=O)c1cccc(Cl)c1. The summed E-state index contributed by atoms with van der Waals surface area (Å²) in [6.07, 6.45) is 2.53. The van der Waals surface area contributed by atoms with Crippen LogP contribution in [0.15, 0.2) is 24.3 Å². The number of nitrogens with one attached hydrogen (secondary N) is 1. The maximum absolute atomic E-state index is 11.9. The molecular weight excluding hydrogens is 258 g/mol. The smallest absolute Gasteiger partial charge is 0.251 e. The summed E-state index contributed by atoms with van der Waals surface area (Å²) in [6.45, 7) is 0.0705. The van der Waals surface area contributed by atoms with E-state index in [-0.39, 0.29) is 18.6 Å². The third-order valence-electron chi connectivity index (χ3n) is 2.27. The second-order valence-corrected chi connectivity index (χ2v) is 5.00. The molecule has 1 aromatic rings. The van der Waals surface area contributed by atoms with Gasteiger partial charge >= 0.3 is 0 Å². The van der Waals surface area contributed by atoms with Crippen molar-refractivity contribution >= 4 is 29.3 Å². The van der Waals surface area contributed by atoms with Gasteiger partial charge < -0.3 is 10.4 Å². The quantitative estimate of drug-likeness (QED) is 0.835. The molecule has 0 aromatic heterocycles. The molecule has 3 nitrogen and oxygen atoms in total. The Morgan fingerprint density at radius 1 is 1.59 bits per heavy atom. The number of hydrogen-bond acceptors (Lipinski definition) is 3. The summed E-state index contributed by atoms with van der Waals surface area (Å²) in [7, 11) is 0. The predicted octanol–water partition coefficient (Wildman–Crippen LogP) is 2.18. The fraction of sp³-hybridized carbons (Fsp3) is 0.417. The molecule has 0 radical (unpaired) electrons. The zero-order valence-corrected chi connectivity index (χ0v) is 11.2. The van der Waals surface area contributed by atoms with Crippen LogP contribution in [0, 0.1) is 0 Å². The first kappa shape index (κ1) is 14.4. The molecule has 0 aliphatic rings. The lowest BCUT2D eigenvalue weighted by atomic mass is 10.2. The zero-order chi connectivity index (χ0) is 12.7. The predicted molar refractivity (Wildman–Crippen MR) is 72.8 cm³/mol. The highest BCUT2D eigenvalue weighted by Gasteiger charge is 2.12. The number of amides is 1. The Kier molecular flexibility index (Phi) is 6.40. The minimum absolute atomic E-state index is 0.0125. The molecule has 0 spiro atoms. The van der Waals surface area contributed by atoms with Crippen LogP contribution in [0.1, 0.15) is 16.8 Å². The van der Waals surface area contributed by atoms with Crippen molar-refractivity contribution in [2.45, 2.75) is 12.5 Å². The van der Waals surface area contributed by atoms with Crippen molar-refractivity contribution in [1.82, 2.24) is 5.32 Å². The molecular formula is C12H16ClNO2S. The molecule has 94 valence electrons. The van der Waals surface area contributed by atoms with Crippen molar-refractivity contribution in [2.75, 3.05) is 18.6 Å². The first-order valence-corrected chi connectivity index (χ1v) is 7.10. The molecule has 0 aliphatic carbocycles. The normalized spacial score (nSPS) is 12.2. The lowest BCUT2D eigenvalue weighted by Crippen LogP contribution is -2.37. The number of halogens is 1. The maximum atomic E-state index is 11.9. The molecule has 0 aliphatic heterocycles. The van der Waals surface area contributed by atoms with Gasteiger partial charge in [0.25, 0.3) is 5.91 Å². The largest absolute Gasteiger partial charge is 0.396 e. The van der Waals surface area contributed by atoms with Crippen molar-refractivity contribution < 1.29 is 9.90 Å². The summed E-state index contributed by atoms with van der Waals surface area (Å²) in [5.41, 5.74) is 0.543. The molecule has 0 saturated heterocycles. The molecule has 17 heavy (non-hydrogen) atoms. The van der Waals surface area contributed by atoms with Gasteiger partial charge in [-0.15, -0.1) is 0 Å². The van der Waals surface area contributed by atoms with Crippen molar-refractivity contribution in [3.8, 4) is 0 Å². The van der Waals surface area contributed by atoms with E-state index in [2.05, 4.69) is 5.32 Å². The Morgan fingerprint density at radius 3 is 2.94 bits per heavy atom. The lowest BCUT2D eigenvalue weighted by Gasteiger charge is -2.16. The number of aliphatic hydroxyl groups is 1. The van der Waals surface area contributed by atoms with Gasteiger partial charge in [0.05, 0.1) is 0 Å². The van der Waals surface area contributed by atoms with Crippen molar-refractivity contribution in [3.05, 3.63) is 34.9 Å². The molecule has 0 heterocycles. The number of rotatable bonds is 6. The maximum Gasteiger partial charge on any atom is 0.251 e. The molecule has 0 saturated carbocycles. The summed E-state index contributed by atoms with van der Waals surface area (Å²) in [5, 5.41) is 12.3. The van der Waals surface area contributed by atoms with Gasteiger partial charge in [0, 0.05) is 29.0 Å². The second-order valence-electron chi connectivity index (χ2n) is 3.65. The van der Waals surface area contributed by atoms with Crippen LogP contribution < -0.4 is 5.32 Å². The van der Waals surface area contributed by atoms with E-state index < -0.39 is 0 Å². The van der Waals surface area contributed by atoms with Crippen LogP contribution in [0.5, 0.6) is 0 Å². The first-order valence-electron chi connectivity index (χ1n) is 5.33. The Labute approximate surface area is 111 Å². The summed E-state index contributed by atoms with van der Waals surface area (Å²) in [4.78, 5) is 11.9. The average Bonchev–Trinajstić information content (AvgIpc) is 2.29. The molecule has 1 amide bonds. The van der Waals surface area contributed by atoms with Gasteiger partial charge in [-0.3, -0.25) is 4.79 Å². The molecule has 0 fully saturated rings. The highest BCUT2D eigenvalue weighted by Crippen LogP contribution is 2.11. The Bertz CT molecular complexity index is 367. The van der Waals surface area contributed by atoms with Crippen LogP contribution in [-0.2, 0) is 0 Å². The van der Waals surface area contributed by atoms with Crippen LogP contribution in [0.4, 0.5) is 0 Å². The van der Waals surface area contributed by atoms with E-state index in [1.807, 2.05) is 6.26 Å². The lowest BCUT2D eigenvalue weighted by molar-refractivity contribution is 0.0935. The minimum atomic E-state index is -0.153. The van der Waals surface area contributed by atoms with Crippen LogP contribution in [0.25, 0.3) is 0 Å². The van der Waals surface area contributed by atoms with Gasteiger partial charge in [0.1, 0.15) is 0 Å². The average molecular weight is 274 g/mol. The van der Waals surface area contributed by atoms with E-state index in [0.717, 1.165) is 5.75 Å². The number of benzene rings is 1. The molecule has 1 unspecified atom stereocenters. The van der Waals surface area contributed by atoms with Crippen LogP contribution in [0.2, 0.25) is 5.02 Å². The highest BCUT2D eigenvalue weighted by molar-refractivity contribution is 7.98. The third kappa shape index (κ3) is 4.98. The van der Waals surface area contributed by atoms with Gasteiger partial charge in [-0.05, 0) is 30.9 Å². The van der Waals surface area contributed by atoms with Gasteiger partial charge in [-0.1, -0.05) is 17.7 Å². The fourth-order valence-corrected chi connectivity index (χ4v) is 2.30. The van der Waals surface area contributed by atoms with E-state index in [1.165, 1.54) is 0 Å². The number of thioether (sulfide) groups is 1. The molecule has 2 N–H and O–H groups in total. The molecule has 1 atom stereocenters. The summed E-state index contributed by atoms with van der Waals surface area (Å²) < 4.78 is 0. The highest BCUT2D eigenvalue weighted by atomic mass is 35.5. The van der Waals surface area contributed by atoms with E-state index in [1.54, 1.807) is 36.0 Å². The van der Waals surface area contributed by atoms with E-state index in [4.69, 9.17) is 16.7 Å². The third-order valence-corrected chi connectivity index (χ3v) is 3.24. The fourth-order valence-electron chi connectivity index (χ4n) is 1.45. The van der Waals surface area contributed by atoms with E-state index >= 15 is 0 Å². The summed E-state index contributed by atoms with van der Waals surface area (Å²) >= 11 is 7.46. The Morgan fingerprint density at radius 2 is 2.35 bits per heavy atom. The molecule has 1 aromatic carbocycles. The van der Waals surface area contributed by atoms with Crippen LogP contribution in [-0.4, -0.2) is 35.7 Å². The Hall–Kier alpha value is -0.710. The van der Waals surface area contributed by atoms with E-state index in [0.29, 0.717) is 17.0 Å². The number of hydrogen-bond donors (Lipinski definition) is 2. The van der Waals surface area contributed by atoms with Crippen molar-refractivity contribution in [1.29, 1.82) is 0 Å². The molecule has 5 heteroatoms.